The van der Waals surface area contributed by atoms with Gasteiger partial charge in [-0.15, -0.1) is 0 Å². The van der Waals surface area contributed by atoms with Gasteiger partial charge in [-0.3, -0.25) is 4.98 Å². The second-order valence-electron chi connectivity index (χ2n) is 3.20. The number of hydrogen-bond acceptors (Lipinski definition) is 1. The zero-order valence-corrected chi connectivity index (χ0v) is 8.62. The molecule has 70 valence electrons. The molecule has 0 spiro atoms. The number of aromatic nitrogens is 1. The minimum absolute atomic E-state index is 0.778. The summed E-state index contributed by atoms with van der Waals surface area (Å²) in [5.74, 6) is 0. The van der Waals surface area contributed by atoms with Crippen LogP contribution in [0.25, 0.3) is 11.1 Å². The zero-order valence-electron chi connectivity index (χ0n) is 7.87. The van der Waals surface area contributed by atoms with Crippen LogP contribution in [0.3, 0.4) is 0 Å². The Hall–Kier alpha value is -1.34. The van der Waals surface area contributed by atoms with Crippen molar-refractivity contribution in [1.29, 1.82) is 0 Å². The summed E-state index contributed by atoms with van der Waals surface area (Å²) in [5, 5.41) is 0.778. The average Bonchev–Trinajstić information content (AvgIpc) is 2.19. The monoisotopic (exact) mass is 203 g/mol. The van der Waals surface area contributed by atoms with Gasteiger partial charge < -0.3 is 0 Å². The van der Waals surface area contributed by atoms with Crippen LogP contribution in [0, 0.1) is 6.92 Å². The zero-order chi connectivity index (χ0) is 9.97. The molecular formula is C12H10ClN. The number of hydrogen-bond donors (Lipinski definition) is 0. The highest BCUT2D eigenvalue weighted by molar-refractivity contribution is 6.30. The van der Waals surface area contributed by atoms with E-state index in [2.05, 4.69) is 11.9 Å². The molecule has 0 fully saturated rings. The topological polar surface area (TPSA) is 12.9 Å². The summed E-state index contributed by atoms with van der Waals surface area (Å²) in [6.07, 6.45) is 3.59. The van der Waals surface area contributed by atoms with E-state index in [9.17, 15) is 0 Å². The van der Waals surface area contributed by atoms with Crippen LogP contribution in [0.15, 0.2) is 42.7 Å². The Morgan fingerprint density at radius 3 is 2.43 bits per heavy atom. The molecule has 1 aromatic heterocycles. The molecule has 0 radical (unpaired) electrons. The first kappa shape index (κ1) is 9.22. The fraction of sp³-hybridized carbons (Fsp3) is 0.0833. The Morgan fingerprint density at radius 2 is 1.79 bits per heavy atom. The van der Waals surface area contributed by atoms with Crippen LogP contribution in [0.2, 0.25) is 5.02 Å². The van der Waals surface area contributed by atoms with Crippen molar-refractivity contribution >= 4 is 11.6 Å². The number of aryl methyl sites for hydroxylation is 1. The minimum atomic E-state index is 0.778. The molecule has 0 bridgehead atoms. The van der Waals surface area contributed by atoms with E-state index in [-0.39, 0.29) is 0 Å². The molecule has 0 unspecified atom stereocenters. The molecule has 0 saturated carbocycles. The summed E-state index contributed by atoms with van der Waals surface area (Å²) in [6, 6.07) is 9.90. The molecule has 0 aliphatic rings. The van der Waals surface area contributed by atoms with Gasteiger partial charge in [0.1, 0.15) is 0 Å². The van der Waals surface area contributed by atoms with Crippen molar-refractivity contribution in [2.45, 2.75) is 6.92 Å². The summed E-state index contributed by atoms with van der Waals surface area (Å²) in [7, 11) is 0. The van der Waals surface area contributed by atoms with Gasteiger partial charge in [0, 0.05) is 17.4 Å². The smallest absolute Gasteiger partial charge is 0.0409 e. The molecule has 0 aliphatic heterocycles. The van der Waals surface area contributed by atoms with Crippen molar-refractivity contribution in [2.75, 3.05) is 0 Å². The van der Waals surface area contributed by atoms with Gasteiger partial charge in [-0.1, -0.05) is 17.7 Å². The molecule has 14 heavy (non-hydrogen) atoms. The average molecular weight is 204 g/mol. The third-order valence-electron chi connectivity index (χ3n) is 2.18. The SMILES string of the molecule is Cc1cc(Cl)ccc1-c1ccncc1. The maximum atomic E-state index is 5.89. The summed E-state index contributed by atoms with van der Waals surface area (Å²) < 4.78 is 0. The normalized spacial score (nSPS) is 10.1. The second kappa shape index (κ2) is 3.81. The molecule has 0 N–H and O–H groups in total. The molecular weight excluding hydrogens is 194 g/mol. The fourth-order valence-corrected chi connectivity index (χ4v) is 1.71. The van der Waals surface area contributed by atoms with Gasteiger partial charge in [0.05, 0.1) is 0 Å². The van der Waals surface area contributed by atoms with Crippen LogP contribution in [0.4, 0.5) is 0 Å². The standard InChI is InChI=1S/C12H10ClN/c1-9-8-11(13)2-3-12(9)10-4-6-14-7-5-10/h2-8H,1H3. The first-order chi connectivity index (χ1) is 6.77. The summed E-state index contributed by atoms with van der Waals surface area (Å²) in [5.41, 5.74) is 3.56. The lowest BCUT2D eigenvalue weighted by atomic mass is 10.0. The maximum absolute atomic E-state index is 5.89. The van der Waals surface area contributed by atoms with E-state index in [1.165, 1.54) is 16.7 Å². The predicted molar refractivity (Wildman–Crippen MR) is 59.4 cm³/mol. The summed E-state index contributed by atoms with van der Waals surface area (Å²) >= 11 is 5.89. The highest BCUT2D eigenvalue weighted by atomic mass is 35.5. The Morgan fingerprint density at radius 1 is 1.07 bits per heavy atom. The molecule has 1 aromatic carbocycles. The van der Waals surface area contributed by atoms with Crippen LogP contribution in [0.5, 0.6) is 0 Å². The van der Waals surface area contributed by atoms with Crippen LogP contribution >= 0.6 is 11.6 Å². The number of halogens is 1. The highest BCUT2D eigenvalue weighted by Crippen LogP contribution is 2.24. The highest BCUT2D eigenvalue weighted by Gasteiger charge is 2.00. The molecule has 1 nitrogen and oxygen atoms in total. The van der Waals surface area contributed by atoms with E-state index < -0.39 is 0 Å². The van der Waals surface area contributed by atoms with Crippen molar-refractivity contribution in [3.05, 3.63) is 53.3 Å². The van der Waals surface area contributed by atoms with Gasteiger partial charge in [-0.25, -0.2) is 0 Å². The van der Waals surface area contributed by atoms with Crippen molar-refractivity contribution in [3.8, 4) is 11.1 Å². The maximum Gasteiger partial charge on any atom is 0.0409 e. The number of benzene rings is 1. The van der Waals surface area contributed by atoms with Gasteiger partial charge in [0.2, 0.25) is 0 Å². The van der Waals surface area contributed by atoms with E-state index in [4.69, 9.17) is 11.6 Å². The van der Waals surface area contributed by atoms with Crippen LogP contribution in [-0.4, -0.2) is 4.98 Å². The Bertz CT molecular complexity index is 437. The predicted octanol–water partition coefficient (Wildman–Crippen LogP) is 3.71. The molecule has 2 heteroatoms. The largest absolute Gasteiger partial charge is 0.265 e. The number of rotatable bonds is 1. The van der Waals surface area contributed by atoms with E-state index in [0.717, 1.165) is 5.02 Å². The van der Waals surface area contributed by atoms with Gasteiger partial charge in [-0.05, 0) is 47.9 Å². The molecule has 0 aliphatic carbocycles. The molecule has 0 saturated heterocycles. The van der Waals surface area contributed by atoms with Crippen molar-refractivity contribution in [2.24, 2.45) is 0 Å². The fourth-order valence-electron chi connectivity index (χ4n) is 1.48. The van der Waals surface area contributed by atoms with Crippen LogP contribution < -0.4 is 0 Å². The minimum Gasteiger partial charge on any atom is -0.265 e. The van der Waals surface area contributed by atoms with Crippen LogP contribution in [-0.2, 0) is 0 Å². The third-order valence-corrected chi connectivity index (χ3v) is 2.41. The lowest BCUT2D eigenvalue weighted by molar-refractivity contribution is 1.32. The quantitative estimate of drug-likeness (QED) is 0.689. The summed E-state index contributed by atoms with van der Waals surface area (Å²) in [4.78, 5) is 3.99. The molecule has 2 aromatic rings. The number of pyridine rings is 1. The van der Waals surface area contributed by atoms with Crippen molar-refractivity contribution in [1.82, 2.24) is 4.98 Å². The first-order valence-corrected chi connectivity index (χ1v) is 4.82. The lowest BCUT2D eigenvalue weighted by Gasteiger charge is -2.05. The molecule has 0 amide bonds. The van der Waals surface area contributed by atoms with E-state index in [0.29, 0.717) is 0 Å². The van der Waals surface area contributed by atoms with Gasteiger partial charge in [0.25, 0.3) is 0 Å². The molecule has 2 rings (SSSR count). The lowest BCUT2D eigenvalue weighted by Crippen LogP contribution is -1.83. The Kier molecular flexibility index (Phi) is 2.51. The van der Waals surface area contributed by atoms with Gasteiger partial charge >= 0.3 is 0 Å². The Labute approximate surface area is 88.4 Å². The van der Waals surface area contributed by atoms with E-state index in [1.54, 1.807) is 12.4 Å². The first-order valence-electron chi connectivity index (χ1n) is 4.44. The van der Waals surface area contributed by atoms with Crippen molar-refractivity contribution < 1.29 is 0 Å². The second-order valence-corrected chi connectivity index (χ2v) is 3.63. The van der Waals surface area contributed by atoms with E-state index in [1.807, 2.05) is 30.3 Å². The summed E-state index contributed by atoms with van der Waals surface area (Å²) in [6.45, 7) is 2.06. The van der Waals surface area contributed by atoms with Crippen LogP contribution in [0.1, 0.15) is 5.56 Å². The molecule has 1 heterocycles. The third kappa shape index (κ3) is 1.78. The molecule has 0 atom stereocenters. The number of nitrogens with zero attached hydrogens (tertiary/aromatic N) is 1. The van der Waals surface area contributed by atoms with Crippen molar-refractivity contribution in [3.63, 3.8) is 0 Å². The van der Waals surface area contributed by atoms with Gasteiger partial charge in [-0.2, -0.15) is 0 Å². The van der Waals surface area contributed by atoms with Gasteiger partial charge in [0.15, 0.2) is 0 Å². The van der Waals surface area contributed by atoms with E-state index >= 15 is 0 Å². The Balaban J connectivity index is 2.53.